The third-order valence-electron chi connectivity index (χ3n) is 2.73. The number of halogens is 1. The van der Waals surface area contributed by atoms with Crippen LogP contribution in [0.3, 0.4) is 0 Å². The van der Waals surface area contributed by atoms with Crippen molar-refractivity contribution in [2.45, 2.75) is 30.8 Å². The third-order valence-corrected chi connectivity index (χ3v) is 3.06. The lowest BCUT2D eigenvalue weighted by Gasteiger charge is -2.38. The summed E-state index contributed by atoms with van der Waals surface area (Å²) in [4.78, 5) is 11.0. The normalized spacial score (nSPS) is 41.8. The van der Waals surface area contributed by atoms with Crippen molar-refractivity contribution in [1.29, 1.82) is 0 Å². The molecule has 3 unspecified atom stereocenters. The van der Waals surface area contributed by atoms with Crippen molar-refractivity contribution in [1.82, 2.24) is 10.6 Å². The van der Waals surface area contributed by atoms with Gasteiger partial charge in [0.05, 0.1) is 5.50 Å². The Balaban J connectivity index is 1.98. The number of rotatable bonds is 0. The maximum atomic E-state index is 11.0. The van der Waals surface area contributed by atoms with E-state index in [4.69, 9.17) is 11.6 Å². The van der Waals surface area contributed by atoms with Gasteiger partial charge in [0.2, 0.25) is 5.91 Å². The van der Waals surface area contributed by atoms with E-state index in [1.165, 1.54) is 0 Å². The Labute approximate surface area is 76.8 Å². The second-order valence-electron chi connectivity index (χ2n) is 3.58. The molecule has 0 spiro atoms. The summed E-state index contributed by atoms with van der Waals surface area (Å²) in [6.45, 7) is 0.824. The molecule has 0 aromatic heterocycles. The molecule has 0 bridgehead atoms. The molecular weight excluding hydrogens is 176 g/mol. The maximum absolute atomic E-state index is 11.0. The molecular formula is C8H13ClN2O. The lowest BCUT2D eigenvalue weighted by Crippen LogP contribution is -2.55. The standard InChI is InChI=1S/C8H13ClN2O/c9-7-3-5-1-2-8(12)11-6(5)4-10-7/h5-7,10H,1-4H2,(H,11,12). The van der Waals surface area contributed by atoms with Crippen molar-refractivity contribution in [3.8, 4) is 0 Å². The van der Waals surface area contributed by atoms with Crippen molar-refractivity contribution >= 4 is 17.5 Å². The van der Waals surface area contributed by atoms with E-state index in [-0.39, 0.29) is 11.4 Å². The van der Waals surface area contributed by atoms with Gasteiger partial charge in [-0.05, 0) is 18.8 Å². The average molecular weight is 189 g/mol. The Bertz CT molecular complexity index is 197. The van der Waals surface area contributed by atoms with Crippen LogP contribution in [0, 0.1) is 5.92 Å². The van der Waals surface area contributed by atoms with Gasteiger partial charge < -0.3 is 5.32 Å². The minimum atomic E-state index is 0.0984. The molecule has 2 saturated heterocycles. The molecule has 2 aliphatic heterocycles. The van der Waals surface area contributed by atoms with E-state index in [0.717, 1.165) is 19.4 Å². The van der Waals surface area contributed by atoms with Crippen molar-refractivity contribution in [3.05, 3.63) is 0 Å². The fourth-order valence-corrected chi connectivity index (χ4v) is 2.34. The molecule has 1 amide bonds. The van der Waals surface area contributed by atoms with Crippen LogP contribution in [0.25, 0.3) is 0 Å². The molecule has 4 heteroatoms. The molecule has 2 aliphatic rings. The van der Waals surface area contributed by atoms with Crippen molar-refractivity contribution in [2.75, 3.05) is 6.54 Å². The Morgan fingerprint density at radius 2 is 2.33 bits per heavy atom. The average Bonchev–Trinajstić information content (AvgIpc) is 2.05. The van der Waals surface area contributed by atoms with Gasteiger partial charge in [-0.15, -0.1) is 11.6 Å². The van der Waals surface area contributed by atoms with Crippen LogP contribution in [-0.4, -0.2) is 24.0 Å². The fraction of sp³-hybridized carbons (Fsp3) is 0.875. The predicted molar refractivity (Wildman–Crippen MR) is 46.9 cm³/mol. The predicted octanol–water partition coefficient (Wildman–Crippen LogP) is 0.439. The summed E-state index contributed by atoms with van der Waals surface area (Å²) in [5.41, 5.74) is 0.0984. The molecule has 68 valence electrons. The molecule has 3 nitrogen and oxygen atoms in total. The molecule has 0 aromatic rings. The first-order valence-corrected chi connectivity index (χ1v) is 4.86. The largest absolute Gasteiger partial charge is 0.352 e. The first-order valence-electron chi connectivity index (χ1n) is 4.42. The quantitative estimate of drug-likeness (QED) is 0.428. The molecule has 0 aliphatic carbocycles. The smallest absolute Gasteiger partial charge is 0.220 e. The molecule has 2 heterocycles. The number of hydrogen-bond acceptors (Lipinski definition) is 2. The van der Waals surface area contributed by atoms with E-state index in [0.29, 0.717) is 18.4 Å². The highest BCUT2D eigenvalue weighted by molar-refractivity contribution is 6.20. The highest BCUT2D eigenvalue weighted by Gasteiger charge is 2.33. The van der Waals surface area contributed by atoms with E-state index in [9.17, 15) is 4.79 Å². The third kappa shape index (κ3) is 1.57. The zero-order valence-electron chi connectivity index (χ0n) is 6.85. The zero-order chi connectivity index (χ0) is 8.55. The van der Waals surface area contributed by atoms with Crippen LogP contribution in [0.2, 0.25) is 0 Å². The molecule has 3 atom stereocenters. The van der Waals surface area contributed by atoms with Crippen LogP contribution in [-0.2, 0) is 4.79 Å². The monoisotopic (exact) mass is 188 g/mol. The number of amides is 1. The number of nitrogens with one attached hydrogen (secondary N) is 2. The first-order chi connectivity index (χ1) is 5.75. The SMILES string of the molecule is O=C1CCC2CC(Cl)NCC2N1. The maximum Gasteiger partial charge on any atom is 0.220 e. The highest BCUT2D eigenvalue weighted by Crippen LogP contribution is 2.26. The van der Waals surface area contributed by atoms with Crippen LogP contribution < -0.4 is 10.6 Å². The molecule has 2 fully saturated rings. The number of fused-ring (bicyclic) bond motifs is 1. The summed E-state index contributed by atoms with van der Waals surface area (Å²) in [6, 6.07) is 0.321. The van der Waals surface area contributed by atoms with Crippen molar-refractivity contribution < 1.29 is 4.79 Å². The summed E-state index contributed by atoms with van der Waals surface area (Å²) in [5.74, 6) is 0.775. The lowest BCUT2D eigenvalue weighted by atomic mass is 9.85. The minimum absolute atomic E-state index is 0.0984. The van der Waals surface area contributed by atoms with Gasteiger partial charge in [-0.3, -0.25) is 10.1 Å². The van der Waals surface area contributed by atoms with Crippen LogP contribution in [0.4, 0.5) is 0 Å². The molecule has 0 aromatic carbocycles. The summed E-state index contributed by atoms with van der Waals surface area (Å²) in [5, 5.41) is 6.13. The van der Waals surface area contributed by atoms with E-state index in [1.807, 2.05) is 0 Å². The molecule has 0 radical (unpaired) electrons. The zero-order valence-corrected chi connectivity index (χ0v) is 7.60. The second kappa shape index (κ2) is 3.23. The summed E-state index contributed by atoms with van der Waals surface area (Å²) >= 11 is 5.95. The highest BCUT2D eigenvalue weighted by atomic mass is 35.5. The number of piperidine rings is 2. The van der Waals surface area contributed by atoms with E-state index in [2.05, 4.69) is 10.6 Å². The van der Waals surface area contributed by atoms with Crippen molar-refractivity contribution in [2.24, 2.45) is 5.92 Å². The van der Waals surface area contributed by atoms with Crippen LogP contribution in [0.5, 0.6) is 0 Å². The van der Waals surface area contributed by atoms with Crippen molar-refractivity contribution in [3.63, 3.8) is 0 Å². The Morgan fingerprint density at radius 1 is 1.50 bits per heavy atom. The van der Waals surface area contributed by atoms with Gasteiger partial charge in [0.15, 0.2) is 0 Å². The van der Waals surface area contributed by atoms with Gasteiger partial charge in [0, 0.05) is 19.0 Å². The van der Waals surface area contributed by atoms with Gasteiger partial charge in [-0.25, -0.2) is 0 Å². The van der Waals surface area contributed by atoms with E-state index in [1.54, 1.807) is 0 Å². The van der Waals surface area contributed by atoms with E-state index >= 15 is 0 Å². The fourth-order valence-electron chi connectivity index (χ4n) is 2.02. The molecule has 12 heavy (non-hydrogen) atoms. The summed E-state index contributed by atoms with van der Waals surface area (Å²) in [7, 11) is 0. The summed E-state index contributed by atoms with van der Waals surface area (Å²) in [6.07, 6.45) is 2.65. The number of carbonyl (C=O) groups excluding carboxylic acids is 1. The number of hydrogen-bond donors (Lipinski definition) is 2. The van der Waals surface area contributed by atoms with E-state index < -0.39 is 0 Å². The Hall–Kier alpha value is -0.280. The number of carbonyl (C=O) groups is 1. The summed E-state index contributed by atoms with van der Waals surface area (Å²) < 4.78 is 0. The molecule has 2 N–H and O–H groups in total. The first kappa shape index (κ1) is 8.32. The second-order valence-corrected chi connectivity index (χ2v) is 4.11. The van der Waals surface area contributed by atoms with Gasteiger partial charge in [0.1, 0.15) is 0 Å². The van der Waals surface area contributed by atoms with Crippen LogP contribution >= 0.6 is 11.6 Å². The Morgan fingerprint density at radius 3 is 3.17 bits per heavy atom. The topological polar surface area (TPSA) is 41.1 Å². The van der Waals surface area contributed by atoms with Crippen LogP contribution in [0.15, 0.2) is 0 Å². The van der Waals surface area contributed by atoms with Gasteiger partial charge in [-0.1, -0.05) is 0 Å². The van der Waals surface area contributed by atoms with Crippen LogP contribution in [0.1, 0.15) is 19.3 Å². The molecule has 2 rings (SSSR count). The Kier molecular flexibility index (Phi) is 2.24. The van der Waals surface area contributed by atoms with Gasteiger partial charge >= 0.3 is 0 Å². The lowest BCUT2D eigenvalue weighted by molar-refractivity contribution is -0.124. The van der Waals surface area contributed by atoms with Gasteiger partial charge in [-0.2, -0.15) is 0 Å². The number of alkyl halides is 1. The van der Waals surface area contributed by atoms with Gasteiger partial charge in [0.25, 0.3) is 0 Å². The minimum Gasteiger partial charge on any atom is -0.352 e. The molecule has 0 saturated carbocycles.